The first kappa shape index (κ1) is 11.0. The minimum absolute atomic E-state index is 0.0880. The molecule has 1 aliphatic carbocycles. The molecular formula is C12H14N4O2. The molecular weight excluding hydrogens is 232 g/mol. The number of nitrogens with one attached hydrogen (secondary N) is 1. The van der Waals surface area contributed by atoms with Gasteiger partial charge in [-0.2, -0.15) is 5.10 Å². The van der Waals surface area contributed by atoms with Crippen molar-refractivity contribution >= 4 is 17.6 Å². The molecule has 2 aliphatic rings. The van der Waals surface area contributed by atoms with Crippen LogP contribution in [0.5, 0.6) is 0 Å². The van der Waals surface area contributed by atoms with Crippen molar-refractivity contribution < 1.29 is 9.59 Å². The predicted octanol–water partition coefficient (Wildman–Crippen LogP) is 0.443. The van der Waals surface area contributed by atoms with Crippen LogP contribution in [0.2, 0.25) is 0 Å². The molecule has 0 radical (unpaired) electrons. The van der Waals surface area contributed by atoms with Crippen molar-refractivity contribution in [2.45, 2.75) is 19.4 Å². The van der Waals surface area contributed by atoms with Gasteiger partial charge in [-0.3, -0.25) is 19.6 Å². The van der Waals surface area contributed by atoms with Crippen LogP contribution in [0.3, 0.4) is 0 Å². The highest BCUT2D eigenvalue weighted by Gasteiger charge is 2.47. The average Bonchev–Trinajstić information content (AvgIpc) is 2.89. The Morgan fingerprint density at radius 1 is 1.28 bits per heavy atom. The number of anilines is 1. The van der Waals surface area contributed by atoms with E-state index in [0.717, 1.165) is 0 Å². The van der Waals surface area contributed by atoms with Crippen LogP contribution in [0.15, 0.2) is 18.3 Å². The summed E-state index contributed by atoms with van der Waals surface area (Å²) in [6.07, 6.45) is 6.82. The Hall–Kier alpha value is -2.11. The zero-order valence-corrected chi connectivity index (χ0v) is 9.80. The molecule has 2 atom stereocenters. The van der Waals surface area contributed by atoms with Gasteiger partial charge in [-0.15, -0.1) is 0 Å². The lowest BCUT2D eigenvalue weighted by Gasteiger charge is -2.14. The predicted molar refractivity (Wildman–Crippen MR) is 63.9 cm³/mol. The van der Waals surface area contributed by atoms with Crippen molar-refractivity contribution in [2.24, 2.45) is 11.8 Å². The molecule has 6 nitrogen and oxygen atoms in total. The Labute approximate surface area is 104 Å². The second kappa shape index (κ2) is 3.97. The maximum Gasteiger partial charge on any atom is 0.233 e. The number of carbonyl (C=O) groups excluding carboxylic acids is 2. The third-order valence-corrected chi connectivity index (χ3v) is 3.68. The van der Waals surface area contributed by atoms with Crippen LogP contribution >= 0.6 is 0 Å². The van der Waals surface area contributed by atoms with Gasteiger partial charge in [-0.25, -0.2) is 0 Å². The third-order valence-electron chi connectivity index (χ3n) is 3.68. The molecule has 3 rings (SSSR count). The molecule has 6 heteroatoms. The minimum Gasteiger partial charge on any atom is -0.384 e. The number of aromatic nitrogens is 2. The third kappa shape index (κ3) is 1.53. The first-order valence-corrected chi connectivity index (χ1v) is 5.96. The first-order valence-electron chi connectivity index (χ1n) is 5.96. The van der Waals surface area contributed by atoms with Gasteiger partial charge >= 0.3 is 0 Å². The number of hydrogen-bond acceptors (Lipinski definition) is 4. The van der Waals surface area contributed by atoms with Crippen LogP contribution in [-0.2, 0) is 16.1 Å². The van der Waals surface area contributed by atoms with Crippen molar-refractivity contribution in [1.29, 1.82) is 0 Å². The van der Waals surface area contributed by atoms with E-state index in [-0.39, 0.29) is 30.2 Å². The largest absolute Gasteiger partial charge is 0.384 e. The number of hydrogen-bond donors (Lipinski definition) is 2. The molecule has 18 heavy (non-hydrogen) atoms. The van der Waals surface area contributed by atoms with E-state index >= 15 is 0 Å². The van der Waals surface area contributed by atoms with Gasteiger partial charge in [0.15, 0.2) is 0 Å². The second-order valence-electron chi connectivity index (χ2n) is 4.73. The van der Waals surface area contributed by atoms with E-state index in [2.05, 4.69) is 10.2 Å². The number of amides is 2. The Morgan fingerprint density at radius 2 is 1.89 bits per heavy atom. The molecule has 94 valence electrons. The van der Waals surface area contributed by atoms with Gasteiger partial charge < -0.3 is 5.73 Å². The molecule has 0 bridgehead atoms. The Morgan fingerprint density at radius 3 is 2.39 bits per heavy atom. The Kier molecular flexibility index (Phi) is 2.43. The summed E-state index contributed by atoms with van der Waals surface area (Å²) in [5, 5.41) is 6.39. The van der Waals surface area contributed by atoms with Gasteiger partial charge in [0.2, 0.25) is 11.8 Å². The number of nitrogens with zero attached hydrogens (tertiary/aromatic N) is 2. The number of likely N-dealkylation sites (tertiary alicyclic amines) is 1. The summed E-state index contributed by atoms with van der Waals surface area (Å²) >= 11 is 0. The molecule has 3 N–H and O–H groups in total. The minimum atomic E-state index is -0.185. The SMILES string of the molecule is Nc1[nH]ncc1CN1C(=O)[C@H]2CC=CC[C@H]2C1=O. The van der Waals surface area contributed by atoms with Gasteiger partial charge in [-0.1, -0.05) is 12.2 Å². The van der Waals surface area contributed by atoms with Crippen LogP contribution in [-0.4, -0.2) is 26.9 Å². The van der Waals surface area contributed by atoms with E-state index in [0.29, 0.717) is 24.2 Å². The monoisotopic (exact) mass is 246 g/mol. The maximum atomic E-state index is 12.2. The molecule has 2 heterocycles. The lowest BCUT2D eigenvalue weighted by atomic mass is 9.85. The number of aromatic amines is 1. The van der Waals surface area contributed by atoms with Crippen LogP contribution < -0.4 is 5.73 Å². The van der Waals surface area contributed by atoms with Crippen molar-refractivity contribution in [3.63, 3.8) is 0 Å². The number of allylic oxidation sites excluding steroid dienone is 2. The molecule has 0 unspecified atom stereocenters. The first-order chi connectivity index (χ1) is 8.68. The summed E-state index contributed by atoms with van der Waals surface area (Å²) < 4.78 is 0. The normalized spacial score (nSPS) is 26.8. The van der Waals surface area contributed by atoms with Crippen molar-refractivity contribution in [2.75, 3.05) is 5.73 Å². The summed E-state index contributed by atoms with van der Waals surface area (Å²) in [5.74, 6) is -0.139. The molecule has 1 aromatic heterocycles. The van der Waals surface area contributed by atoms with Crippen molar-refractivity contribution in [3.8, 4) is 0 Å². The van der Waals surface area contributed by atoms with E-state index in [9.17, 15) is 9.59 Å². The number of carbonyl (C=O) groups is 2. The van der Waals surface area contributed by atoms with E-state index in [1.807, 2.05) is 12.2 Å². The highest BCUT2D eigenvalue weighted by molar-refractivity contribution is 6.05. The van der Waals surface area contributed by atoms with Crippen LogP contribution in [0, 0.1) is 11.8 Å². The zero-order valence-electron chi connectivity index (χ0n) is 9.80. The summed E-state index contributed by atoms with van der Waals surface area (Å²) in [7, 11) is 0. The number of nitrogens with two attached hydrogens (primary N) is 1. The molecule has 1 aliphatic heterocycles. The average molecular weight is 246 g/mol. The summed E-state index contributed by atoms with van der Waals surface area (Å²) in [6, 6.07) is 0. The maximum absolute atomic E-state index is 12.2. The molecule has 0 saturated carbocycles. The zero-order chi connectivity index (χ0) is 12.7. The van der Waals surface area contributed by atoms with Gasteiger partial charge in [0.05, 0.1) is 24.6 Å². The molecule has 1 aromatic rings. The van der Waals surface area contributed by atoms with Crippen LogP contribution in [0.4, 0.5) is 5.82 Å². The van der Waals surface area contributed by atoms with E-state index in [1.165, 1.54) is 4.90 Å². The topological polar surface area (TPSA) is 92.1 Å². The standard InChI is InChI=1S/C12H14N4O2/c13-10-7(5-14-15-10)6-16-11(17)8-3-1-2-4-9(8)12(16)18/h1-2,5,8-9H,3-4,6H2,(H3,13,14,15)/t8-,9+. The molecule has 0 spiro atoms. The van der Waals surface area contributed by atoms with Gasteiger partial charge in [0.1, 0.15) is 5.82 Å². The van der Waals surface area contributed by atoms with Gasteiger partial charge in [-0.05, 0) is 12.8 Å². The molecule has 1 fully saturated rings. The molecule has 0 aromatic carbocycles. The highest BCUT2D eigenvalue weighted by atomic mass is 16.2. The number of nitrogen functional groups attached to an aromatic ring is 1. The number of imide groups is 1. The van der Waals surface area contributed by atoms with Crippen molar-refractivity contribution in [1.82, 2.24) is 15.1 Å². The van der Waals surface area contributed by atoms with Crippen LogP contribution in [0.25, 0.3) is 0 Å². The smallest absolute Gasteiger partial charge is 0.233 e. The summed E-state index contributed by atoms with van der Waals surface area (Å²) in [4.78, 5) is 25.7. The van der Waals surface area contributed by atoms with E-state index in [1.54, 1.807) is 6.20 Å². The quantitative estimate of drug-likeness (QED) is 0.585. The van der Waals surface area contributed by atoms with E-state index < -0.39 is 0 Å². The van der Waals surface area contributed by atoms with Crippen LogP contribution in [0.1, 0.15) is 18.4 Å². The Balaban J connectivity index is 1.84. The fraction of sp³-hybridized carbons (Fsp3) is 0.417. The fourth-order valence-corrected chi connectivity index (χ4v) is 2.64. The fourth-order valence-electron chi connectivity index (χ4n) is 2.64. The Bertz CT molecular complexity index is 508. The molecule has 1 saturated heterocycles. The lowest BCUT2D eigenvalue weighted by Crippen LogP contribution is -2.30. The summed E-state index contributed by atoms with van der Waals surface area (Å²) in [6.45, 7) is 0.215. The number of fused-ring (bicyclic) bond motifs is 1. The highest BCUT2D eigenvalue weighted by Crippen LogP contribution is 2.35. The number of H-pyrrole nitrogens is 1. The van der Waals surface area contributed by atoms with Crippen molar-refractivity contribution in [3.05, 3.63) is 23.9 Å². The second-order valence-corrected chi connectivity index (χ2v) is 4.73. The summed E-state index contributed by atoms with van der Waals surface area (Å²) in [5.41, 5.74) is 6.36. The lowest BCUT2D eigenvalue weighted by molar-refractivity contribution is -0.140. The molecule has 2 amide bonds. The van der Waals surface area contributed by atoms with Gasteiger partial charge in [0.25, 0.3) is 0 Å². The van der Waals surface area contributed by atoms with E-state index in [4.69, 9.17) is 5.73 Å². The van der Waals surface area contributed by atoms with Gasteiger partial charge in [0, 0.05) is 5.56 Å². The number of rotatable bonds is 2.